The first kappa shape index (κ1) is 27.9. The SMILES string of the molecule is CN(C)CCNC(=O)COc1ccc(-c2nc3ncc(Cl)c(NC4CCN(Cc5ccccc5)CC4)c3[nH]2)cc1. The number of amides is 1. The molecular weight excluding hydrogens is 526 g/mol. The summed E-state index contributed by atoms with van der Waals surface area (Å²) in [4.78, 5) is 29.1. The number of hydrogen-bond donors (Lipinski definition) is 3. The monoisotopic (exact) mass is 561 g/mol. The first-order valence-electron chi connectivity index (χ1n) is 13.7. The summed E-state index contributed by atoms with van der Waals surface area (Å²) in [6, 6.07) is 18.4. The van der Waals surface area contributed by atoms with Crippen molar-refractivity contribution in [3.8, 4) is 17.1 Å². The van der Waals surface area contributed by atoms with E-state index in [9.17, 15) is 4.79 Å². The summed E-state index contributed by atoms with van der Waals surface area (Å²) >= 11 is 6.61. The average Bonchev–Trinajstić information content (AvgIpc) is 3.40. The number of ether oxygens (including phenoxy) is 1. The number of imidazole rings is 1. The van der Waals surface area contributed by atoms with Crippen LogP contribution in [-0.2, 0) is 11.3 Å². The molecule has 1 saturated heterocycles. The van der Waals surface area contributed by atoms with Crippen molar-refractivity contribution in [2.24, 2.45) is 0 Å². The van der Waals surface area contributed by atoms with Crippen LogP contribution in [0, 0.1) is 0 Å². The normalized spacial score (nSPS) is 14.5. The summed E-state index contributed by atoms with van der Waals surface area (Å²) in [6.45, 7) is 4.37. The fourth-order valence-electron chi connectivity index (χ4n) is 4.82. The van der Waals surface area contributed by atoms with Crippen molar-refractivity contribution in [2.45, 2.75) is 25.4 Å². The van der Waals surface area contributed by atoms with Crippen molar-refractivity contribution in [3.63, 3.8) is 0 Å². The van der Waals surface area contributed by atoms with Crippen molar-refractivity contribution in [3.05, 3.63) is 71.4 Å². The number of anilines is 1. The van der Waals surface area contributed by atoms with Gasteiger partial charge in [-0.15, -0.1) is 0 Å². The molecule has 1 fully saturated rings. The number of fused-ring (bicyclic) bond motifs is 1. The minimum atomic E-state index is -0.145. The number of benzene rings is 2. The van der Waals surface area contributed by atoms with E-state index in [1.807, 2.05) is 43.3 Å². The maximum absolute atomic E-state index is 12.0. The van der Waals surface area contributed by atoms with Crippen LogP contribution in [-0.4, -0.2) is 83.6 Å². The molecule has 3 heterocycles. The van der Waals surface area contributed by atoms with Crippen molar-refractivity contribution >= 4 is 34.4 Å². The Bertz CT molecular complexity index is 1400. The van der Waals surface area contributed by atoms with E-state index in [4.69, 9.17) is 21.3 Å². The summed E-state index contributed by atoms with van der Waals surface area (Å²) in [5.41, 5.74) is 4.48. The molecule has 0 saturated carbocycles. The van der Waals surface area contributed by atoms with Crippen LogP contribution >= 0.6 is 11.6 Å². The second-order valence-corrected chi connectivity index (χ2v) is 10.8. The standard InChI is InChI=1S/C30H36ClN7O2/c1-37(2)17-14-32-26(39)20-40-24-10-8-22(9-11-24)29-35-28-27(25(31)18-33-30(28)36-29)34-23-12-15-38(16-13-23)19-21-6-4-3-5-7-21/h3-11,18,23H,12-17,19-20H2,1-2H3,(H,32,39)(H2,33,34,35,36). The van der Waals surface area contributed by atoms with Crippen molar-refractivity contribution in [1.29, 1.82) is 0 Å². The van der Waals surface area contributed by atoms with E-state index >= 15 is 0 Å². The molecule has 2 aromatic carbocycles. The predicted octanol–water partition coefficient (Wildman–Crippen LogP) is 4.41. The number of aromatic nitrogens is 3. The highest BCUT2D eigenvalue weighted by Crippen LogP contribution is 2.32. The lowest BCUT2D eigenvalue weighted by Gasteiger charge is -2.33. The van der Waals surface area contributed by atoms with Gasteiger partial charge in [0.2, 0.25) is 0 Å². The lowest BCUT2D eigenvalue weighted by Crippen LogP contribution is -2.38. The molecule has 0 atom stereocenters. The third kappa shape index (κ3) is 7.29. The first-order chi connectivity index (χ1) is 19.4. The zero-order valence-electron chi connectivity index (χ0n) is 23.0. The van der Waals surface area contributed by atoms with Crippen LogP contribution in [0.2, 0.25) is 5.02 Å². The van der Waals surface area contributed by atoms with E-state index in [-0.39, 0.29) is 12.5 Å². The third-order valence-corrected chi connectivity index (χ3v) is 7.32. The number of pyridine rings is 1. The number of halogens is 1. The zero-order valence-corrected chi connectivity index (χ0v) is 23.7. The Morgan fingerprint density at radius 3 is 2.60 bits per heavy atom. The van der Waals surface area contributed by atoms with Crippen LogP contribution in [0.1, 0.15) is 18.4 Å². The molecule has 10 heteroatoms. The Morgan fingerprint density at radius 1 is 1.12 bits per heavy atom. The molecule has 2 aromatic heterocycles. The second-order valence-electron chi connectivity index (χ2n) is 10.4. The number of likely N-dealkylation sites (N-methyl/N-ethyl adjacent to an activating group) is 1. The van der Waals surface area contributed by atoms with E-state index in [1.54, 1.807) is 6.20 Å². The lowest BCUT2D eigenvalue weighted by molar-refractivity contribution is -0.123. The van der Waals surface area contributed by atoms with Crippen molar-refractivity contribution in [2.75, 3.05) is 52.2 Å². The van der Waals surface area contributed by atoms with E-state index in [0.29, 0.717) is 34.8 Å². The number of hydrogen-bond acceptors (Lipinski definition) is 7. The Morgan fingerprint density at radius 2 is 1.88 bits per heavy atom. The molecule has 9 nitrogen and oxygen atoms in total. The maximum Gasteiger partial charge on any atom is 0.257 e. The minimum absolute atomic E-state index is 0.0277. The van der Waals surface area contributed by atoms with Crippen molar-refractivity contribution in [1.82, 2.24) is 30.1 Å². The fraction of sp³-hybridized carbons (Fsp3) is 0.367. The topological polar surface area (TPSA) is 98.4 Å². The van der Waals surface area contributed by atoms with Crippen LogP contribution < -0.4 is 15.4 Å². The molecule has 210 valence electrons. The van der Waals surface area contributed by atoms with E-state index < -0.39 is 0 Å². The predicted molar refractivity (Wildman–Crippen MR) is 160 cm³/mol. The Labute approximate surface area is 239 Å². The number of carbonyl (C=O) groups excluding carboxylic acids is 1. The van der Waals surface area contributed by atoms with Crippen molar-refractivity contribution < 1.29 is 9.53 Å². The van der Waals surface area contributed by atoms with E-state index in [2.05, 4.69) is 55.8 Å². The fourth-order valence-corrected chi connectivity index (χ4v) is 5.02. The van der Waals surface area contributed by atoms with Crippen LogP contribution in [0.4, 0.5) is 5.69 Å². The van der Waals surface area contributed by atoms with Gasteiger partial charge in [-0.05, 0) is 56.8 Å². The van der Waals surface area contributed by atoms with E-state index in [0.717, 1.165) is 55.8 Å². The van der Waals surface area contributed by atoms with Gasteiger partial charge in [-0.1, -0.05) is 41.9 Å². The van der Waals surface area contributed by atoms with Crippen LogP contribution in [0.5, 0.6) is 5.75 Å². The highest BCUT2D eigenvalue weighted by atomic mass is 35.5. The summed E-state index contributed by atoms with van der Waals surface area (Å²) in [5, 5.41) is 7.08. The molecule has 0 spiro atoms. The van der Waals surface area contributed by atoms with Crippen LogP contribution in [0.3, 0.4) is 0 Å². The summed E-state index contributed by atoms with van der Waals surface area (Å²) in [7, 11) is 3.93. The Hall–Kier alpha value is -3.66. The Kier molecular flexibility index (Phi) is 9.15. The number of H-pyrrole nitrogens is 1. The molecule has 4 aromatic rings. The highest BCUT2D eigenvalue weighted by Gasteiger charge is 2.22. The second kappa shape index (κ2) is 13.1. The van der Waals surface area contributed by atoms with Crippen LogP contribution in [0.25, 0.3) is 22.6 Å². The number of nitrogens with one attached hydrogen (secondary N) is 3. The van der Waals surface area contributed by atoms with Gasteiger partial charge in [0.05, 0.1) is 16.9 Å². The van der Waals surface area contributed by atoms with Gasteiger partial charge in [0.15, 0.2) is 12.3 Å². The quantitative estimate of drug-likeness (QED) is 0.249. The van der Waals surface area contributed by atoms with Gasteiger partial charge in [0.25, 0.3) is 5.91 Å². The van der Waals surface area contributed by atoms with E-state index in [1.165, 1.54) is 5.56 Å². The lowest BCUT2D eigenvalue weighted by atomic mass is 10.0. The molecule has 0 radical (unpaired) electrons. The smallest absolute Gasteiger partial charge is 0.257 e. The highest BCUT2D eigenvalue weighted by molar-refractivity contribution is 6.34. The van der Waals surface area contributed by atoms with Gasteiger partial charge in [0.1, 0.15) is 17.1 Å². The molecule has 1 aliphatic rings. The summed E-state index contributed by atoms with van der Waals surface area (Å²) in [5.74, 6) is 1.16. The molecule has 0 unspecified atom stereocenters. The number of nitrogens with zero attached hydrogens (tertiary/aromatic N) is 4. The molecule has 1 aliphatic heterocycles. The third-order valence-electron chi connectivity index (χ3n) is 7.04. The molecule has 0 bridgehead atoms. The van der Waals surface area contributed by atoms with Gasteiger partial charge in [0, 0.05) is 44.3 Å². The number of aromatic amines is 1. The number of rotatable bonds is 11. The number of likely N-dealkylation sites (tertiary alicyclic amines) is 1. The van der Waals surface area contributed by atoms with Crippen LogP contribution in [0.15, 0.2) is 60.8 Å². The maximum atomic E-state index is 12.0. The molecule has 3 N–H and O–H groups in total. The van der Waals surface area contributed by atoms with Gasteiger partial charge < -0.3 is 25.3 Å². The average molecular weight is 562 g/mol. The Balaban J connectivity index is 1.19. The number of piperidine rings is 1. The molecular formula is C30H36ClN7O2. The molecule has 5 rings (SSSR count). The molecule has 40 heavy (non-hydrogen) atoms. The molecule has 1 amide bonds. The van der Waals surface area contributed by atoms with Gasteiger partial charge in [-0.2, -0.15) is 0 Å². The number of carbonyl (C=O) groups is 1. The largest absolute Gasteiger partial charge is 0.484 e. The summed E-state index contributed by atoms with van der Waals surface area (Å²) < 4.78 is 5.64. The van der Waals surface area contributed by atoms with Gasteiger partial charge in [-0.25, -0.2) is 9.97 Å². The van der Waals surface area contributed by atoms with Gasteiger partial charge in [-0.3, -0.25) is 9.69 Å². The first-order valence-corrected chi connectivity index (χ1v) is 14.0. The minimum Gasteiger partial charge on any atom is -0.484 e. The molecule has 0 aliphatic carbocycles. The zero-order chi connectivity index (χ0) is 27.9. The van der Waals surface area contributed by atoms with Gasteiger partial charge >= 0.3 is 0 Å². The summed E-state index contributed by atoms with van der Waals surface area (Å²) in [6.07, 6.45) is 3.72.